The van der Waals surface area contributed by atoms with Gasteiger partial charge in [-0.2, -0.15) is 0 Å². The molecule has 0 heterocycles. The molecular weight excluding hydrogens is 392 g/mol. The average Bonchev–Trinajstić information content (AvgIpc) is 2.58. The lowest BCUT2D eigenvalue weighted by Gasteiger charge is -2.24. The maximum absolute atomic E-state index is 13.0. The molecule has 2 aromatic rings. The molecule has 1 amide bonds. The number of carbonyl (C=O) groups is 1. The van der Waals surface area contributed by atoms with Gasteiger partial charge >= 0.3 is 0 Å². The van der Waals surface area contributed by atoms with Gasteiger partial charge in [0, 0.05) is 11.0 Å². The minimum atomic E-state index is -3.87. The highest BCUT2D eigenvalue weighted by atomic mass is 79.9. The molecule has 0 aliphatic rings. The van der Waals surface area contributed by atoms with Crippen LogP contribution in [0.2, 0.25) is 0 Å². The van der Waals surface area contributed by atoms with Crippen molar-refractivity contribution in [2.24, 2.45) is 0 Å². The molecule has 2 rings (SSSR count). The van der Waals surface area contributed by atoms with Crippen LogP contribution in [0, 0.1) is 0 Å². The molecule has 0 aliphatic heterocycles. The van der Waals surface area contributed by atoms with E-state index in [9.17, 15) is 13.2 Å². The van der Waals surface area contributed by atoms with Crippen LogP contribution in [0.15, 0.2) is 76.6 Å². The molecule has 24 heavy (non-hydrogen) atoms. The lowest BCUT2D eigenvalue weighted by Crippen LogP contribution is -2.40. The van der Waals surface area contributed by atoms with Crippen molar-refractivity contribution in [2.75, 3.05) is 17.4 Å². The molecule has 1 N–H and O–H groups in total. The molecule has 5 nitrogen and oxygen atoms in total. The number of halogens is 1. The van der Waals surface area contributed by atoms with Gasteiger partial charge in [0.05, 0.1) is 10.6 Å². The third-order valence-corrected chi connectivity index (χ3v) is 5.44. The van der Waals surface area contributed by atoms with Crippen LogP contribution in [0.4, 0.5) is 5.69 Å². The largest absolute Gasteiger partial charge is 0.351 e. The summed E-state index contributed by atoms with van der Waals surface area (Å²) in [5, 5.41) is 2.60. The maximum atomic E-state index is 13.0. The van der Waals surface area contributed by atoms with Crippen LogP contribution in [0.5, 0.6) is 0 Å². The molecule has 0 saturated carbocycles. The highest BCUT2D eigenvalue weighted by Crippen LogP contribution is 2.26. The normalized spacial score (nSPS) is 10.9. The number of nitrogens with zero attached hydrogens (tertiary/aromatic N) is 1. The summed E-state index contributed by atoms with van der Waals surface area (Å²) in [6.45, 7) is 3.48. The van der Waals surface area contributed by atoms with Crippen LogP contribution >= 0.6 is 15.9 Å². The second-order valence-corrected chi connectivity index (χ2v) is 7.68. The van der Waals surface area contributed by atoms with Gasteiger partial charge < -0.3 is 5.32 Å². The summed E-state index contributed by atoms with van der Waals surface area (Å²) in [7, 11) is -3.87. The van der Waals surface area contributed by atoms with Gasteiger partial charge in [0.15, 0.2) is 0 Å². The van der Waals surface area contributed by atoms with E-state index in [1.165, 1.54) is 18.2 Å². The molecule has 2 aromatic carbocycles. The minimum Gasteiger partial charge on any atom is -0.351 e. The Balaban J connectivity index is 2.43. The first kappa shape index (κ1) is 18.2. The van der Waals surface area contributed by atoms with Crippen LogP contribution in [0.25, 0.3) is 0 Å². The van der Waals surface area contributed by atoms with E-state index in [4.69, 9.17) is 0 Å². The Labute approximate surface area is 150 Å². The Morgan fingerprint density at radius 3 is 2.50 bits per heavy atom. The number of anilines is 1. The summed E-state index contributed by atoms with van der Waals surface area (Å²) >= 11 is 3.33. The number of hydrogen-bond donors (Lipinski definition) is 1. The first-order chi connectivity index (χ1) is 11.4. The van der Waals surface area contributed by atoms with Crippen molar-refractivity contribution in [1.29, 1.82) is 0 Å². The number of sulfonamides is 1. The number of amides is 1. The Kier molecular flexibility index (Phi) is 6.16. The molecule has 0 aliphatic carbocycles. The van der Waals surface area contributed by atoms with Crippen molar-refractivity contribution in [1.82, 2.24) is 5.32 Å². The van der Waals surface area contributed by atoms with Crippen molar-refractivity contribution in [2.45, 2.75) is 4.90 Å². The van der Waals surface area contributed by atoms with Gasteiger partial charge in [0.1, 0.15) is 6.54 Å². The third kappa shape index (κ3) is 4.46. The Hall–Kier alpha value is -2.12. The lowest BCUT2D eigenvalue weighted by atomic mass is 10.3. The van der Waals surface area contributed by atoms with E-state index in [0.29, 0.717) is 5.69 Å². The highest BCUT2D eigenvalue weighted by molar-refractivity contribution is 9.10. The predicted molar refractivity (Wildman–Crippen MR) is 98.3 cm³/mol. The van der Waals surface area contributed by atoms with Gasteiger partial charge in [-0.25, -0.2) is 8.42 Å². The summed E-state index contributed by atoms with van der Waals surface area (Å²) in [6.07, 6.45) is 1.53. The molecule has 7 heteroatoms. The topological polar surface area (TPSA) is 66.5 Å². The molecule has 0 atom stereocenters. The molecule has 0 radical (unpaired) electrons. The summed E-state index contributed by atoms with van der Waals surface area (Å²) in [5.41, 5.74) is 0.405. The number of carbonyl (C=O) groups excluding carboxylic acids is 1. The first-order valence-electron chi connectivity index (χ1n) is 7.16. The third-order valence-electron chi connectivity index (χ3n) is 3.16. The Morgan fingerprint density at radius 1 is 1.17 bits per heavy atom. The first-order valence-corrected chi connectivity index (χ1v) is 9.39. The highest BCUT2D eigenvalue weighted by Gasteiger charge is 2.27. The Morgan fingerprint density at radius 2 is 1.88 bits per heavy atom. The van der Waals surface area contributed by atoms with E-state index in [2.05, 4.69) is 27.8 Å². The fourth-order valence-electron chi connectivity index (χ4n) is 2.04. The van der Waals surface area contributed by atoms with E-state index in [1.807, 2.05) is 0 Å². The summed E-state index contributed by atoms with van der Waals surface area (Å²) in [6, 6.07) is 14.8. The van der Waals surface area contributed by atoms with Crippen LogP contribution in [0.3, 0.4) is 0 Å². The van der Waals surface area contributed by atoms with Crippen LogP contribution < -0.4 is 9.62 Å². The molecule has 0 aromatic heterocycles. The molecule has 126 valence electrons. The van der Waals surface area contributed by atoms with Crippen molar-refractivity contribution >= 4 is 37.5 Å². The number of benzene rings is 2. The summed E-state index contributed by atoms with van der Waals surface area (Å²) < 4.78 is 27.7. The van der Waals surface area contributed by atoms with Gasteiger partial charge in [-0.05, 0) is 30.3 Å². The van der Waals surface area contributed by atoms with E-state index in [0.717, 1.165) is 8.78 Å². The van der Waals surface area contributed by atoms with Gasteiger partial charge in [0.25, 0.3) is 10.0 Å². The maximum Gasteiger partial charge on any atom is 0.264 e. The fourth-order valence-corrected chi connectivity index (χ4v) is 3.86. The molecule has 0 fully saturated rings. The standard InChI is InChI=1S/C17H17BrN2O3S/c1-2-11-19-17(21)13-20(15-8-6-7-14(18)12-15)24(22,23)16-9-4-3-5-10-16/h2-10,12H,1,11,13H2,(H,19,21). The van der Waals surface area contributed by atoms with Crippen molar-refractivity contribution in [3.05, 3.63) is 71.7 Å². The second kappa shape index (κ2) is 8.12. The monoisotopic (exact) mass is 408 g/mol. The SMILES string of the molecule is C=CCNC(=O)CN(c1cccc(Br)c1)S(=O)(=O)c1ccccc1. The number of hydrogen-bond acceptors (Lipinski definition) is 3. The van der Waals surface area contributed by atoms with Crippen LogP contribution in [-0.4, -0.2) is 27.4 Å². The molecule has 0 spiro atoms. The van der Waals surface area contributed by atoms with E-state index in [1.54, 1.807) is 42.5 Å². The zero-order valence-electron chi connectivity index (χ0n) is 12.9. The van der Waals surface area contributed by atoms with Gasteiger partial charge in [-0.1, -0.05) is 46.3 Å². The Bertz CT molecular complexity index is 823. The summed E-state index contributed by atoms with van der Waals surface area (Å²) in [5.74, 6) is -0.408. The van der Waals surface area contributed by atoms with E-state index < -0.39 is 15.9 Å². The lowest BCUT2D eigenvalue weighted by molar-refractivity contribution is -0.119. The van der Waals surface area contributed by atoms with Crippen molar-refractivity contribution in [3.8, 4) is 0 Å². The molecule has 0 bridgehead atoms. The number of rotatable bonds is 7. The van der Waals surface area contributed by atoms with Gasteiger partial charge in [0.2, 0.25) is 5.91 Å². The second-order valence-electron chi connectivity index (χ2n) is 4.90. The van der Waals surface area contributed by atoms with Gasteiger partial charge in [-0.15, -0.1) is 6.58 Å². The molecular formula is C17H17BrN2O3S. The minimum absolute atomic E-state index is 0.126. The average molecular weight is 409 g/mol. The molecule has 0 saturated heterocycles. The van der Waals surface area contributed by atoms with E-state index >= 15 is 0 Å². The fraction of sp³-hybridized carbons (Fsp3) is 0.118. The smallest absolute Gasteiger partial charge is 0.264 e. The van der Waals surface area contributed by atoms with Crippen molar-refractivity contribution in [3.63, 3.8) is 0 Å². The predicted octanol–water partition coefficient (Wildman–Crippen LogP) is 2.95. The van der Waals surface area contributed by atoms with Gasteiger partial charge in [-0.3, -0.25) is 9.10 Å². The van der Waals surface area contributed by atoms with E-state index in [-0.39, 0.29) is 18.0 Å². The number of nitrogens with one attached hydrogen (secondary N) is 1. The van der Waals surface area contributed by atoms with Crippen LogP contribution in [-0.2, 0) is 14.8 Å². The molecule has 0 unspecified atom stereocenters. The summed E-state index contributed by atoms with van der Waals surface area (Å²) in [4.78, 5) is 12.2. The van der Waals surface area contributed by atoms with Crippen molar-refractivity contribution < 1.29 is 13.2 Å². The van der Waals surface area contributed by atoms with Crippen LogP contribution in [0.1, 0.15) is 0 Å². The zero-order chi connectivity index (χ0) is 17.6. The quantitative estimate of drug-likeness (QED) is 0.716. The zero-order valence-corrected chi connectivity index (χ0v) is 15.3.